The zero-order chi connectivity index (χ0) is 21.7. The highest BCUT2D eigenvalue weighted by Gasteiger charge is 2.31. The van der Waals surface area contributed by atoms with Crippen molar-refractivity contribution >= 4 is 11.6 Å². The highest BCUT2D eigenvalue weighted by molar-refractivity contribution is 5.94. The van der Waals surface area contributed by atoms with Crippen molar-refractivity contribution in [1.29, 1.82) is 0 Å². The molecule has 1 atom stereocenters. The van der Waals surface area contributed by atoms with Crippen LogP contribution in [0.3, 0.4) is 0 Å². The molecule has 0 aromatic heterocycles. The second-order valence-corrected chi connectivity index (χ2v) is 7.60. The summed E-state index contributed by atoms with van der Waals surface area (Å²) in [5.74, 6) is -0.510. The molecule has 1 saturated heterocycles. The summed E-state index contributed by atoms with van der Waals surface area (Å²) in [6, 6.07) is 12.6. The van der Waals surface area contributed by atoms with Gasteiger partial charge in [0.25, 0.3) is 5.91 Å². The summed E-state index contributed by atoms with van der Waals surface area (Å²) in [5.41, 5.74) is 1.32. The van der Waals surface area contributed by atoms with Crippen LogP contribution in [0.25, 0.3) is 0 Å². The Balaban J connectivity index is 1.75. The summed E-state index contributed by atoms with van der Waals surface area (Å²) >= 11 is 0. The van der Waals surface area contributed by atoms with Crippen LogP contribution in [0, 0.1) is 0 Å². The first-order chi connectivity index (χ1) is 14.3. The monoisotopic (exact) mass is 422 g/mol. The molecule has 0 spiro atoms. The minimum Gasteiger partial charge on any atom is -0.378 e. The number of amides is 1. The number of alkyl halides is 3. The minimum absolute atomic E-state index is 0.00325. The largest absolute Gasteiger partial charge is 0.416 e. The SMILES string of the molecule is CN(C)c1ccc([C@@H](CNC(=O)c2cccc(C(F)(F)F)c2)[NH+]2CCOCC2)cc1. The van der Waals surface area contributed by atoms with E-state index in [1.165, 1.54) is 17.0 Å². The molecule has 1 aliphatic rings. The lowest BCUT2D eigenvalue weighted by molar-refractivity contribution is -0.937. The number of nitrogens with zero attached hydrogens (tertiary/aromatic N) is 1. The standard InChI is InChI=1S/C22H26F3N3O2/c1-27(2)19-8-6-16(7-9-19)20(28-10-12-30-13-11-28)15-26-21(29)17-4-3-5-18(14-17)22(23,24)25/h3-9,14,20H,10-13,15H2,1-2H3,(H,26,29)/p+1/t20-/m1/s1. The Morgan fingerprint density at radius 1 is 1.13 bits per heavy atom. The molecule has 2 aromatic rings. The third-order valence-electron chi connectivity index (χ3n) is 5.36. The molecule has 2 N–H and O–H groups in total. The van der Waals surface area contributed by atoms with Gasteiger partial charge in [-0.15, -0.1) is 0 Å². The number of carbonyl (C=O) groups is 1. The van der Waals surface area contributed by atoms with E-state index in [1.807, 2.05) is 43.3 Å². The number of hydrogen-bond donors (Lipinski definition) is 2. The van der Waals surface area contributed by atoms with Gasteiger partial charge in [0.1, 0.15) is 19.1 Å². The lowest BCUT2D eigenvalue weighted by Crippen LogP contribution is -3.15. The van der Waals surface area contributed by atoms with Gasteiger partial charge in [-0.1, -0.05) is 18.2 Å². The van der Waals surface area contributed by atoms with E-state index in [1.54, 1.807) is 0 Å². The maximum Gasteiger partial charge on any atom is 0.416 e. The molecule has 3 rings (SSSR count). The number of quaternary nitrogens is 1. The predicted molar refractivity (Wildman–Crippen MR) is 109 cm³/mol. The van der Waals surface area contributed by atoms with Crippen LogP contribution in [0.15, 0.2) is 48.5 Å². The number of benzene rings is 2. The third-order valence-corrected chi connectivity index (χ3v) is 5.36. The van der Waals surface area contributed by atoms with Gasteiger partial charge >= 0.3 is 6.18 Å². The zero-order valence-corrected chi connectivity index (χ0v) is 17.1. The van der Waals surface area contributed by atoms with Crippen molar-refractivity contribution in [3.8, 4) is 0 Å². The van der Waals surface area contributed by atoms with Crippen LogP contribution >= 0.6 is 0 Å². The number of carbonyl (C=O) groups excluding carboxylic acids is 1. The van der Waals surface area contributed by atoms with E-state index < -0.39 is 17.6 Å². The van der Waals surface area contributed by atoms with Crippen LogP contribution in [0.1, 0.15) is 27.5 Å². The van der Waals surface area contributed by atoms with E-state index in [4.69, 9.17) is 4.74 Å². The highest BCUT2D eigenvalue weighted by atomic mass is 19.4. The Bertz CT molecular complexity index is 847. The predicted octanol–water partition coefficient (Wildman–Crippen LogP) is 2.16. The van der Waals surface area contributed by atoms with Gasteiger partial charge in [0.05, 0.1) is 25.3 Å². The molecule has 5 nitrogen and oxygen atoms in total. The molecule has 1 aliphatic heterocycles. The van der Waals surface area contributed by atoms with Gasteiger partial charge < -0.3 is 19.9 Å². The number of ether oxygens (including phenoxy) is 1. The Kier molecular flexibility index (Phi) is 6.99. The fraction of sp³-hybridized carbons (Fsp3) is 0.409. The maximum absolute atomic E-state index is 12.9. The molecule has 8 heteroatoms. The fourth-order valence-corrected chi connectivity index (χ4v) is 3.62. The van der Waals surface area contributed by atoms with Crippen molar-refractivity contribution < 1.29 is 27.6 Å². The van der Waals surface area contributed by atoms with Gasteiger partial charge in [0.2, 0.25) is 0 Å². The quantitative estimate of drug-likeness (QED) is 0.750. The van der Waals surface area contributed by atoms with Crippen molar-refractivity contribution in [3.05, 3.63) is 65.2 Å². The summed E-state index contributed by atoms with van der Waals surface area (Å²) in [6.45, 7) is 3.22. The lowest BCUT2D eigenvalue weighted by atomic mass is 10.0. The molecule has 1 heterocycles. The van der Waals surface area contributed by atoms with Crippen LogP contribution in [0.5, 0.6) is 0 Å². The first kappa shape index (κ1) is 22.1. The molecule has 1 fully saturated rings. The average molecular weight is 422 g/mol. The molecule has 0 radical (unpaired) electrons. The van der Waals surface area contributed by atoms with E-state index in [-0.39, 0.29) is 11.6 Å². The molecular weight excluding hydrogens is 395 g/mol. The molecule has 2 aromatic carbocycles. The van der Waals surface area contributed by atoms with E-state index >= 15 is 0 Å². The smallest absolute Gasteiger partial charge is 0.378 e. The third kappa shape index (κ3) is 5.52. The first-order valence-corrected chi connectivity index (χ1v) is 9.91. The minimum atomic E-state index is -4.48. The van der Waals surface area contributed by atoms with Gasteiger partial charge in [0, 0.05) is 30.9 Å². The van der Waals surface area contributed by atoms with Crippen LogP contribution in [0.4, 0.5) is 18.9 Å². The molecular formula is C22H27F3N3O2+. The van der Waals surface area contributed by atoms with Crippen LogP contribution in [-0.2, 0) is 10.9 Å². The maximum atomic E-state index is 12.9. The van der Waals surface area contributed by atoms with Gasteiger partial charge in [-0.2, -0.15) is 13.2 Å². The summed E-state index contributed by atoms with van der Waals surface area (Å²) in [6.07, 6.45) is -4.48. The average Bonchev–Trinajstić information content (AvgIpc) is 2.74. The topological polar surface area (TPSA) is 46.0 Å². The van der Waals surface area contributed by atoms with Crippen LogP contribution in [-0.4, -0.2) is 52.9 Å². The zero-order valence-electron chi connectivity index (χ0n) is 17.1. The molecule has 0 aliphatic carbocycles. The van der Waals surface area contributed by atoms with Crippen molar-refractivity contribution in [2.75, 3.05) is 51.8 Å². The number of rotatable bonds is 6. The van der Waals surface area contributed by atoms with E-state index in [2.05, 4.69) is 5.32 Å². The lowest BCUT2D eigenvalue weighted by Gasteiger charge is -2.32. The van der Waals surface area contributed by atoms with E-state index in [9.17, 15) is 18.0 Å². The second kappa shape index (κ2) is 9.49. The van der Waals surface area contributed by atoms with Gasteiger partial charge in [0.15, 0.2) is 0 Å². The number of nitrogens with one attached hydrogen (secondary N) is 2. The van der Waals surface area contributed by atoms with Gasteiger partial charge in [-0.25, -0.2) is 0 Å². The Hall–Kier alpha value is -2.58. The molecule has 0 saturated carbocycles. The van der Waals surface area contributed by atoms with Crippen molar-refractivity contribution in [1.82, 2.24) is 5.32 Å². The fourth-order valence-electron chi connectivity index (χ4n) is 3.62. The Morgan fingerprint density at radius 2 is 1.80 bits per heavy atom. The second-order valence-electron chi connectivity index (χ2n) is 7.60. The highest BCUT2D eigenvalue weighted by Crippen LogP contribution is 2.29. The van der Waals surface area contributed by atoms with E-state index in [0.717, 1.165) is 36.5 Å². The number of hydrogen-bond acceptors (Lipinski definition) is 3. The number of morpholine rings is 1. The van der Waals surface area contributed by atoms with Gasteiger partial charge in [-0.3, -0.25) is 4.79 Å². The van der Waals surface area contributed by atoms with Crippen molar-refractivity contribution in [2.45, 2.75) is 12.2 Å². The van der Waals surface area contributed by atoms with Crippen LogP contribution < -0.4 is 15.1 Å². The summed E-state index contributed by atoms with van der Waals surface area (Å²) in [7, 11) is 3.93. The summed E-state index contributed by atoms with van der Waals surface area (Å²) < 4.78 is 44.3. The molecule has 30 heavy (non-hydrogen) atoms. The number of anilines is 1. The van der Waals surface area contributed by atoms with Gasteiger partial charge in [-0.05, 0) is 30.3 Å². The van der Waals surface area contributed by atoms with Crippen molar-refractivity contribution in [2.24, 2.45) is 0 Å². The summed E-state index contributed by atoms with van der Waals surface area (Å²) in [4.78, 5) is 15.9. The van der Waals surface area contributed by atoms with E-state index in [0.29, 0.717) is 19.8 Å². The Labute approximate surface area is 174 Å². The molecule has 1 amide bonds. The normalized spacial score (nSPS) is 16.2. The molecule has 0 unspecified atom stereocenters. The van der Waals surface area contributed by atoms with Crippen molar-refractivity contribution in [3.63, 3.8) is 0 Å². The Morgan fingerprint density at radius 3 is 2.40 bits per heavy atom. The van der Waals surface area contributed by atoms with Crippen LogP contribution in [0.2, 0.25) is 0 Å². The molecule has 0 bridgehead atoms. The molecule has 162 valence electrons. The first-order valence-electron chi connectivity index (χ1n) is 9.91. The summed E-state index contributed by atoms with van der Waals surface area (Å²) in [5, 5.41) is 2.83. The number of halogens is 3.